The van der Waals surface area contributed by atoms with Gasteiger partial charge in [0, 0.05) is 13.1 Å². The minimum absolute atomic E-state index is 0.0285. The van der Waals surface area contributed by atoms with Crippen molar-refractivity contribution in [1.29, 1.82) is 0 Å². The van der Waals surface area contributed by atoms with Crippen LogP contribution in [0.5, 0.6) is 23.0 Å². The van der Waals surface area contributed by atoms with E-state index in [0.717, 1.165) is 0 Å². The molecule has 0 saturated carbocycles. The monoisotopic (exact) mass is 430 g/mol. The highest BCUT2D eigenvalue weighted by molar-refractivity contribution is 6.09. The number of halogens is 1. The molecule has 2 aromatic rings. The first-order chi connectivity index (χ1) is 14.8. The molecule has 1 aliphatic rings. The molecule has 0 spiro atoms. The van der Waals surface area contributed by atoms with Crippen LogP contribution in [-0.2, 0) is 0 Å². The van der Waals surface area contributed by atoms with Gasteiger partial charge in [-0.1, -0.05) is 0 Å². The molecule has 31 heavy (non-hydrogen) atoms. The zero-order valence-electron chi connectivity index (χ0n) is 18.3. The van der Waals surface area contributed by atoms with Gasteiger partial charge in [0.2, 0.25) is 0 Å². The van der Waals surface area contributed by atoms with Crippen molar-refractivity contribution in [2.75, 3.05) is 39.3 Å². The van der Waals surface area contributed by atoms with Crippen molar-refractivity contribution in [3.8, 4) is 23.0 Å². The number of carbonyl (C=O) groups excluding carboxylic acids is 1. The molecule has 0 atom stereocenters. The minimum Gasteiger partial charge on any atom is -0.495 e. The highest BCUT2D eigenvalue weighted by Gasteiger charge is 2.30. The van der Waals surface area contributed by atoms with Gasteiger partial charge in [-0.25, -0.2) is 4.39 Å². The fourth-order valence-corrected chi connectivity index (χ4v) is 3.51. The van der Waals surface area contributed by atoms with E-state index in [-0.39, 0.29) is 35.8 Å². The van der Waals surface area contributed by atoms with E-state index in [1.54, 1.807) is 12.1 Å². The molecule has 1 amide bonds. The van der Waals surface area contributed by atoms with Gasteiger partial charge in [-0.3, -0.25) is 4.79 Å². The number of hydrogen-bond acceptors (Lipinski definition) is 6. The van der Waals surface area contributed by atoms with Crippen LogP contribution in [0.3, 0.4) is 0 Å². The van der Waals surface area contributed by atoms with E-state index in [4.69, 9.17) is 24.7 Å². The third-order valence-corrected chi connectivity index (χ3v) is 4.97. The normalized spacial score (nSPS) is 13.8. The van der Waals surface area contributed by atoms with E-state index < -0.39 is 17.3 Å². The maximum atomic E-state index is 15.2. The van der Waals surface area contributed by atoms with Crippen molar-refractivity contribution in [3.63, 3.8) is 0 Å². The van der Waals surface area contributed by atoms with Crippen LogP contribution in [0.4, 0.5) is 10.1 Å². The van der Waals surface area contributed by atoms with Gasteiger partial charge in [-0.15, -0.1) is 0 Å². The van der Waals surface area contributed by atoms with Crippen LogP contribution < -0.4 is 29.6 Å². The van der Waals surface area contributed by atoms with E-state index in [1.807, 2.05) is 26.0 Å². The Hall–Kier alpha value is -3.26. The summed E-state index contributed by atoms with van der Waals surface area (Å²) in [5.41, 5.74) is 6.20. The Morgan fingerprint density at radius 3 is 2.42 bits per heavy atom. The summed E-state index contributed by atoms with van der Waals surface area (Å²) < 4.78 is 37.0. The van der Waals surface area contributed by atoms with Crippen LogP contribution in [-0.4, -0.2) is 45.9 Å². The highest BCUT2D eigenvalue weighted by Crippen LogP contribution is 2.41. The first kappa shape index (κ1) is 22.4. The second-order valence-electron chi connectivity index (χ2n) is 7.48. The van der Waals surface area contributed by atoms with Crippen molar-refractivity contribution in [2.24, 2.45) is 5.73 Å². The van der Waals surface area contributed by atoms with Gasteiger partial charge in [0.1, 0.15) is 17.1 Å². The van der Waals surface area contributed by atoms with Crippen molar-refractivity contribution in [2.45, 2.75) is 19.4 Å². The molecule has 8 heteroatoms. The number of rotatable bonds is 7. The Morgan fingerprint density at radius 2 is 1.81 bits per heavy atom. The standard InChI is InChI=1S/C23H27FN2O5/c1-23(2)11-10-14-17(31-23)8-6-15(20(14)29-4)22(27)26(13-12-25)16-7-9-18(28-3)21(30-5)19(16)24/h6-11H,12-13,25H2,1-5H3. The molecule has 166 valence electrons. The van der Waals surface area contributed by atoms with Crippen molar-refractivity contribution in [1.82, 2.24) is 0 Å². The lowest BCUT2D eigenvalue weighted by atomic mass is 9.99. The summed E-state index contributed by atoms with van der Waals surface area (Å²) in [7, 11) is 4.22. The van der Waals surface area contributed by atoms with Gasteiger partial charge >= 0.3 is 0 Å². The van der Waals surface area contributed by atoms with Crippen LogP contribution in [0.15, 0.2) is 30.3 Å². The summed E-state index contributed by atoms with van der Waals surface area (Å²) in [5.74, 6) is -0.105. The predicted molar refractivity (Wildman–Crippen MR) is 117 cm³/mol. The summed E-state index contributed by atoms with van der Waals surface area (Å²) >= 11 is 0. The Labute approximate surface area is 181 Å². The van der Waals surface area contributed by atoms with Gasteiger partial charge < -0.3 is 29.6 Å². The number of ether oxygens (including phenoxy) is 4. The number of anilines is 1. The molecule has 0 fully saturated rings. The molecule has 2 aromatic carbocycles. The number of amides is 1. The van der Waals surface area contributed by atoms with Gasteiger partial charge in [0.15, 0.2) is 17.3 Å². The van der Waals surface area contributed by atoms with Crippen LogP contribution in [0.2, 0.25) is 0 Å². The maximum Gasteiger partial charge on any atom is 0.262 e. The Balaban J connectivity index is 2.10. The smallest absolute Gasteiger partial charge is 0.262 e. The third kappa shape index (κ3) is 4.16. The molecule has 7 nitrogen and oxygen atoms in total. The van der Waals surface area contributed by atoms with Crippen LogP contribution in [0.25, 0.3) is 6.08 Å². The molecular formula is C23H27FN2O5. The van der Waals surface area contributed by atoms with Gasteiger partial charge in [0.25, 0.3) is 5.91 Å². The van der Waals surface area contributed by atoms with E-state index in [9.17, 15) is 4.79 Å². The lowest BCUT2D eigenvalue weighted by Crippen LogP contribution is -2.36. The predicted octanol–water partition coefficient (Wildman–Crippen LogP) is 3.64. The van der Waals surface area contributed by atoms with E-state index in [2.05, 4.69) is 0 Å². The second-order valence-corrected chi connectivity index (χ2v) is 7.48. The van der Waals surface area contributed by atoms with Gasteiger partial charge in [0.05, 0.1) is 38.1 Å². The molecule has 0 aromatic heterocycles. The average molecular weight is 430 g/mol. The average Bonchev–Trinajstić information content (AvgIpc) is 2.75. The number of hydrogen-bond donors (Lipinski definition) is 1. The first-order valence-electron chi connectivity index (χ1n) is 9.79. The van der Waals surface area contributed by atoms with Crippen LogP contribution in [0, 0.1) is 5.82 Å². The second kappa shape index (κ2) is 8.85. The zero-order valence-corrected chi connectivity index (χ0v) is 18.3. The molecule has 0 unspecified atom stereocenters. The topological polar surface area (TPSA) is 83.3 Å². The Bertz CT molecular complexity index is 1020. The molecule has 0 aliphatic carbocycles. The maximum absolute atomic E-state index is 15.2. The highest BCUT2D eigenvalue weighted by atomic mass is 19.1. The largest absolute Gasteiger partial charge is 0.495 e. The summed E-state index contributed by atoms with van der Waals surface area (Å²) in [6.45, 7) is 4.08. The van der Waals surface area contributed by atoms with Gasteiger partial charge in [-0.05, 0) is 50.3 Å². The molecular weight excluding hydrogens is 403 g/mol. The zero-order chi connectivity index (χ0) is 22.8. The first-order valence-corrected chi connectivity index (χ1v) is 9.79. The lowest BCUT2D eigenvalue weighted by molar-refractivity contribution is 0.0983. The van der Waals surface area contributed by atoms with Crippen molar-refractivity contribution >= 4 is 17.7 Å². The number of nitrogens with zero attached hydrogens (tertiary/aromatic N) is 1. The number of nitrogens with two attached hydrogens (primary N) is 1. The summed E-state index contributed by atoms with van der Waals surface area (Å²) in [6.07, 6.45) is 3.75. The number of fused-ring (bicyclic) bond motifs is 1. The summed E-state index contributed by atoms with van der Waals surface area (Å²) in [6, 6.07) is 6.32. The fourth-order valence-electron chi connectivity index (χ4n) is 3.51. The van der Waals surface area contributed by atoms with E-state index in [1.165, 1.54) is 38.4 Å². The van der Waals surface area contributed by atoms with Crippen molar-refractivity contribution < 1.29 is 28.1 Å². The molecule has 1 aliphatic heterocycles. The molecule has 2 N–H and O–H groups in total. The number of benzene rings is 2. The summed E-state index contributed by atoms with van der Waals surface area (Å²) in [4.78, 5) is 14.8. The molecule has 0 radical (unpaired) electrons. The fraction of sp³-hybridized carbons (Fsp3) is 0.348. The van der Waals surface area contributed by atoms with Crippen molar-refractivity contribution in [3.05, 3.63) is 47.3 Å². The number of carbonyl (C=O) groups is 1. The number of methoxy groups -OCH3 is 3. The molecule has 0 bridgehead atoms. The van der Waals surface area contributed by atoms with Crippen LogP contribution in [0.1, 0.15) is 29.8 Å². The van der Waals surface area contributed by atoms with Crippen LogP contribution >= 0.6 is 0 Å². The van der Waals surface area contributed by atoms with Gasteiger partial charge in [-0.2, -0.15) is 0 Å². The lowest BCUT2D eigenvalue weighted by Gasteiger charge is -2.30. The molecule has 3 rings (SSSR count). The summed E-state index contributed by atoms with van der Waals surface area (Å²) in [5, 5.41) is 0. The Kier molecular flexibility index (Phi) is 6.40. The Morgan fingerprint density at radius 1 is 1.10 bits per heavy atom. The quantitative estimate of drug-likeness (QED) is 0.722. The SMILES string of the molecule is COc1ccc(N(CCN)C(=O)c2ccc3c(c2OC)C=CC(C)(C)O3)c(F)c1OC. The molecule has 1 heterocycles. The third-order valence-electron chi connectivity index (χ3n) is 4.97. The van der Waals surface area contributed by atoms with E-state index >= 15 is 4.39 Å². The molecule has 0 saturated heterocycles. The minimum atomic E-state index is -0.717. The van der Waals surface area contributed by atoms with E-state index in [0.29, 0.717) is 17.1 Å².